The fourth-order valence-corrected chi connectivity index (χ4v) is 2.08. The van der Waals surface area contributed by atoms with Gasteiger partial charge in [-0.1, -0.05) is 6.07 Å². The zero-order valence-corrected chi connectivity index (χ0v) is 11.3. The minimum Gasteiger partial charge on any atom is -0.337 e. The first kappa shape index (κ1) is 14.3. The molecule has 3 aromatic rings. The average Bonchev–Trinajstić information content (AvgIpc) is 2.95. The lowest BCUT2D eigenvalue weighted by Crippen LogP contribution is -2.07. The Morgan fingerprint density at radius 2 is 2.09 bits per heavy atom. The monoisotopic (exact) mass is 307 g/mol. The van der Waals surface area contributed by atoms with E-state index >= 15 is 0 Å². The maximum absolute atomic E-state index is 12.8. The molecule has 0 fully saturated rings. The molecule has 0 atom stereocenters. The average molecular weight is 307 g/mol. The smallest absolute Gasteiger partial charge is 0.337 e. The van der Waals surface area contributed by atoms with Crippen molar-refractivity contribution in [3.8, 4) is 0 Å². The number of hydrogen-bond donors (Lipinski definition) is 2. The quantitative estimate of drug-likeness (QED) is 0.780. The van der Waals surface area contributed by atoms with Crippen molar-refractivity contribution >= 4 is 17.2 Å². The van der Waals surface area contributed by atoms with Gasteiger partial charge in [-0.3, -0.25) is 0 Å². The third-order valence-corrected chi connectivity index (χ3v) is 3.09. The van der Waals surface area contributed by atoms with Crippen molar-refractivity contribution in [1.29, 1.82) is 0 Å². The largest absolute Gasteiger partial charge is 0.416 e. The van der Waals surface area contributed by atoms with E-state index in [1.807, 2.05) is 0 Å². The summed E-state index contributed by atoms with van der Waals surface area (Å²) in [5.74, 6) is 0.354. The molecule has 0 spiro atoms. The van der Waals surface area contributed by atoms with Gasteiger partial charge in [-0.05, 0) is 18.2 Å². The maximum atomic E-state index is 12.8. The fraction of sp³-hybridized carbons (Fsp3) is 0.143. The first-order valence-corrected chi connectivity index (χ1v) is 6.44. The van der Waals surface area contributed by atoms with Gasteiger partial charge >= 0.3 is 6.18 Å². The van der Waals surface area contributed by atoms with Crippen LogP contribution in [0.15, 0.2) is 42.9 Å². The molecule has 0 aliphatic carbocycles. The van der Waals surface area contributed by atoms with Crippen LogP contribution in [0.1, 0.15) is 11.3 Å². The van der Waals surface area contributed by atoms with Crippen molar-refractivity contribution < 1.29 is 13.2 Å². The van der Waals surface area contributed by atoms with Gasteiger partial charge in [0.2, 0.25) is 0 Å². The summed E-state index contributed by atoms with van der Waals surface area (Å²) in [5.41, 5.74) is 6.24. The molecule has 0 saturated carbocycles. The molecule has 3 N–H and O–H groups in total. The van der Waals surface area contributed by atoms with Gasteiger partial charge in [-0.15, -0.1) is 0 Å². The highest BCUT2D eigenvalue weighted by Gasteiger charge is 2.30. The van der Waals surface area contributed by atoms with Gasteiger partial charge in [0.05, 0.1) is 11.3 Å². The summed E-state index contributed by atoms with van der Waals surface area (Å²) in [4.78, 5) is 8.41. The highest BCUT2D eigenvalue weighted by molar-refractivity contribution is 5.70. The van der Waals surface area contributed by atoms with E-state index in [2.05, 4.69) is 15.3 Å². The SMILES string of the molecule is NCc1cn2ccnc2c(Nc2cccc(C(F)(F)F)c2)n1. The highest BCUT2D eigenvalue weighted by atomic mass is 19.4. The molecular weight excluding hydrogens is 295 g/mol. The first-order chi connectivity index (χ1) is 10.5. The second kappa shape index (κ2) is 5.30. The predicted molar refractivity (Wildman–Crippen MR) is 75.6 cm³/mol. The number of nitrogens with zero attached hydrogens (tertiary/aromatic N) is 3. The highest BCUT2D eigenvalue weighted by Crippen LogP contribution is 2.31. The lowest BCUT2D eigenvalue weighted by Gasteiger charge is -2.11. The Labute approximate surface area is 123 Å². The minimum absolute atomic E-state index is 0.214. The van der Waals surface area contributed by atoms with Crippen molar-refractivity contribution in [2.24, 2.45) is 5.73 Å². The topological polar surface area (TPSA) is 68.2 Å². The molecule has 0 amide bonds. The number of hydrogen-bond acceptors (Lipinski definition) is 4. The molecule has 8 heteroatoms. The number of halogens is 3. The third kappa shape index (κ3) is 2.73. The van der Waals surface area contributed by atoms with E-state index in [0.29, 0.717) is 17.2 Å². The number of nitrogens with one attached hydrogen (secondary N) is 1. The van der Waals surface area contributed by atoms with E-state index in [-0.39, 0.29) is 12.2 Å². The van der Waals surface area contributed by atoms with Crippen LogP contribution in [0.5, 0.6) is 0 Å². The molecule has 0 unspecified atom stereocenters. The number of alkyl halides is 3. The van der Waals surface area contributed by atoms with Crippen LogP contribution in [-0.4, -0.2) is 14.4 Å². The second-order valence-electron chi connectivity index (χ2n) is 4.65. The summed E-state index contributed by atoms with van der Waals surface area (Å²) in [7, 11) is 0. The van der Waals surface area contributed by atoms with Crippen LogP contribution in [0.2, 0.25) is 0 Å². The van der Waals surface area contributed by atoms with Crippen LogP contribution in [0, 0.1) is 0 Å². The Morgan fingerprint density at radius 3 is 2.82 bits per heavy atom. The number of rotatable bonds is 3. The molecule has 114 valence electrons. The second-order valence-corrected chi connectivity index (χ2v) is 4.65. The van der Waals surface area contributed by atoms with Crippen molar-refractivity contribution in [2.75, 3.05) is 5.32 Å². The zero-order chi connectivity index (χ0) is 15.7. The lowest BCUT2D eigenvalue weighted by atomic mass is 10.2. The number of benzene rings is 1. The molecule has 2 aromatic heterocycles. The van der Waals surface area contributed by atoms with Crippen LogP contribution >= 0.6 is 0 Å². The molecule has 22 heavy (non-hydrogen) atoms. The van der Waals surface area contributed by atoms with Crippen LogP contribution in [0.3, 0.4) is 0 Å². The lowest BCUT2D eigenvalue weighted by molar-refractivity contribution is -0.137. The van der Waals surface area contributed by atoms with Gasteiger partial charge in [0.25, 0.3) is 0 Å². The van der Waals surface area contributed by atoms with E-state index < -0.39 is 11.7 Å². The van der Waals surface area contributed by atoms with Gasteiger partial charge in [-0.25, -0.2) is 9.97 Å². The Morgan fingerprint density at radius 1 is 1.27 bits per heavy atom. The van der Waals surface area contributed by atoms with Gasteiger partial charge in [0, 0.05) is 30.8 Å². The third-order valence-electron chi connectivity index (χ3n) is 3.09. The Balaban J connectivity index is 2.01. The Kier molecular flexibility index (Phi) is 3.45. The first-order valence-electron chi connectivity index (χ1n) is 6.44. The summed E-state index contributed by atoms with van der Waals surface area (Å²) in [6.45, 7) is 0.214. The number of nitrogens with two attached hydrogens (primary N) is 1. The summed E-state index contributed by atoms with van der Waals surface area (Å²) in [6.07, 6.45) is 0.620. The van der Waals surface area contributed by atoms with Gasteiger partial charge in [-0.2, -0.15) is 13.2 Å². The summed E-state index contributed by atoms with van der Waals surface area (Å²) in [6, 6.07) is 4.91. The van der Waals surface area contributed by atoms with Crippen molar-refractivity contribution in [3.05, 3.63) is 54.1 Å². The molecule has 1 aromatic carbocycles. The number of fused-ring (bicyclic) bond motifs is 1. The van der Waals surface area contributed by atoms with Crippen LogP contribution < -0.4 is 11.1 Å². The van der Waals surface area contributed by atoms with Crippen LogP contribution in [-0.2, 0) is 12.7 Å². The summed E-state index contributed by atoms with van der Waals surface area (Å²) < 4.78 is 40.0. The van der Waals surface area contributed by atoms with Crippen molar-refractivity contribution in [3.63, 3.8) is 0 Å². The fourth-order valence-electron chi connectivity index (χ4n) is 2.08. The normalized spacial score (nSPS) is 11.8. The van der Waals surface area contributed by atoms with Gasteiger partial charge < -0.3 is 15.5 Å². The molecule has 0 saturated heterocycles. The standard InChI is InChI=1S/C14H12F3N5/c15-14(16,17)9-2-1-3-10(6-9)20-12-13-19-4-5-22(13)8-11(7-18)21-12/h1-6,8H,7,18H2,(H,20,21). The van der Waals surface area contributed by atoms with Gasteiger partial charge in [0.1, 0.15) is 0 Å². The maximum Gasteiger partial charge on any atom is 0.416 e. The molecule has 5 nitrogen and oxygen atoms in total. The molecule has 0 radical (unpaired) electrons. The molecule has 0 aliphatic rings. The van der Waals surface area contributed by atoms with E-state index in [1.165, 1.54) is 12.1 Å². The summed E-state index contributed by atoms with van der Waals surface area (Å²) >= 11 is 0. The number of anilines is 2. The van der Waals surface area contributed by atoms with Crippen LogP contribution in [0.4, 0.5) is 24.7 Å². The van der Waals surface area contributed by atoms with Crippen molar-refractivity contribution in [1.82, 2.24) is 14.4 Å². The predicted octanol–water partition coefficient (Wildman–Crippen LogP) is 2.95. The zero-order valence-electron chi connectivity index (χ0n) is 11.3. The molecule has 0 bridgehead atoms. The number of aromatic nitrogens is 3. The van der Waals surface area contributed by atoms with Crippen molar-refractivity contribution in [2.45, 2.75) is 12.7 Å². The van der Waals surface area contributed by atoms with Gasteiger partial charge in [0.15, 0.2) is 11.5 Å². The van der Waals surface area contributed by atoms with Crippen LogP contribution in [0.25, 0.3) is 5.65 Å². The Hall–Kier alpha value is -2.61. The molecular formula is C14H12F3N5. The van der Waals surface area contributed by atoms with E-state index in [4.69, 9.17) is 5.73 Å². The molecule has 0 aliphatic heterocycles. The Bertz CT molecular complexity index is 810. The van der Waals surface area contributed by atoms with E-state index in [9.17, 15) is 13.2 Å². The van der Waals surface area contributed by atoms with E-state index in [0.717, 1.165) is 12.1 Å². The number of imidazole rings is 1. The summed E-state index contributed by atoms with van der Waals surface area (Å²) in [5, 5.41) is 2.87. The molecule has 2 heterocycles. The minimum atomic E-state index is -4.40. The van der Waals surface area contributed by atoms with E-state index in [1.54, 1.807) is 23.0 Å². The molecule has 3 rings (SSSR count).